The van der Waals surface area contributed by atoms with E-state index in [4.69, 9.17) is 9.15 Å². The molecular formula is C55H54N2O12S. The Hall–Kier alpha value is -7.36. The number of phenols is 1. The lowest BCUT2D eigenvalue weighted by molar-refractivity contribution is -0.519. The number of phenolic OH excluding ortho intramolecular Hbond substituents is 1. The van der Waals surface area contributed by atoms with Crippen LogP contribution in [0.5, 0.6) is 5.75 Å². The van der Waals surface area contributed by atoms with Crippen LogP contribution in [0.4, 0.5) is 0 Å². The van der Waals surface area contributed by atoms with Crippen LogP contribution in [0.15, 0.2) is 140 Å². The lowest BCUT2D eigenvalue weighted by Gasteiger charge is -2.35. The summed E-state index contributed by atoms with van der Waals surface area (Å²) in [6.45, 7) is 15.7. The first-order chi connectivity index (χ1) is 33.0. The van der Waals surface area contributed by atoms with E-state index in [1.165, 1.54) is 60.7 Å². The highest BCUT2D eigenvalue weighted by molar-refractivity contribution is 7.85. The lowest BCUT2D eigenvalue weighted by Crippen LogP contribution is -2.29. The number of nitrogens with zero attached hydrogens (tertiary/aromatic N) is 1. The number of hydrogen-bond acceptors (Lipinski definition) is 10. The topological polar surface area (TPSA) is 224 Å². The van der Waals surface area contributed by atoms with Crippen molar-refractivity contribution in [2.75, 3.05) is 13.1 Å². The van der Waals surface area contributed by atoms with Crippen LogP contribution >= 0.6 is 0 Å². The van der Waals surface area contributed by atoms with Gasteiger partial charge in [-0.15, -0.1) is 0 Å². The van der Waals surface area contributed by atoms with Crippen LogP contribution < -0.4 is 10.7 Å². The van der Waals surface area contributed by atoms with Gasteiger partial charge in [0.1, 0.15) is 51.8 Å². The van der Waals surface area contributed by atoms with Crippen molar-refractivity contribution in [3.63, 3.8) is 0 Å². The van der Waals surface area contributed by atoms with Gasteiger partial charge < -0.3 is 34.3 Å². The third-order valence-corrected chi connectivity index (χ3v) is 14.4. The zero-order chi connectivity index (χ0) is 50.6. The Morgan fingerprint density at radius 2 is 1.69 bits per heavy atom. The summed E-state index contributed by atoms with van der Waals surface area (Å²) in [5.74, 6) is -2.44. The summed E-state index contributed by atoms with van der Waals surface area (Å²) >= 11 is 0. The van der Waals surface area contributed by atoms with Crippen LogP contribution in [0.1, 0.15) is 98.2 Å². The molecule has 3 aromatic rings. The number of nitrogens with one attached hydrogen (secondary N) is 1. The summed E-state index contributed by atoms with van der Waals surface area (Å²) in [5, 5.41) is 34.6. The van der Waals surface area contributed by atoms with Crippen molar-refractivity contribution >= 4 is 44.6 Å². The van der Waals surface area contributed by atoms with Crippen molar-refractivity contribution in [2.24, 2.45) is 17.3 Å². The average molecular weight is 967 g/mol. The van der Waals surface area contributed by atoms with E-state index >= 15 is 0 Å². The number of benzene rings is 4. The van der Waals surface area contributed by atoms with Crippen molar-refractivity contribution in [2.45, 2.75) is 77.7 Å². The number of carbonyl (C=O) groups is 3. The van der Waals surface area contributed by atoms with Gasteiger partial charge in [0.2, 0.25) is 11.6 Å². The number of aromatic carboxylic acids is 2. The molecule has 2 heterocycles. The summed E-state index contributed by atoms with van der Waals surface area (Å²) in [5.41, 5.74) is 1.82. The maximum atomic E-state index is 14.3. The zero-order valence-electron chi connectivity index (χ0n) is 39.8. The number of carbonyl (C=O) groups excluding carboxylic acids is 1. The maximum absolute atomic E-state index is 14.3. The molecule has 14 nitrogen and oxygen atoms in total. The van der Waals surface area contributed by atoms with E-state index in [1.807, 2.05) is 26.0 Å². The van der Waals surface area contributed by atoms with Gasteiger partial charge in [0.15, 0.2) is 5.43 Å². The lowest BCUT2D eigenvalue weighted by atomic mass is 9.79. The van der Waals surface area contributed by atoms with Gasteiger partial charge in [-0.2, -0.15) is 0 Å². The molecule has 0 radical (unpaired) electrons. The molecule has 362 valence electrons. The Balaban J connectivity index is 1.17. The molecule has 1 amide bonds. The summed E-state index contributed by atoms with van der Waals surface area (Å²) in [7, 11) is -4.82. The molecule has 0 saturated carbocycles. The summed E-state index contributed by atoms with van der Waals surface area (Å²) in [6.07, 6.45) is 14.4. The summed E-state index contributed by atoms with van der Waals surface area (Å²) in [6, 6.07) is 14.5. The number of ether oxygens (including phenoxy) is 1. The molecule has 0 fully saturated rings. The quantitative estimate of drug-likeness (QED) is 0.0522. The van der Waals surface area contributed by atoms with Crippen LogP contribution in [-0.4, -0.2) is 69.5 Å². The minimum absolute atomic E-state index is 0.0136. The second kappa shape index (κ2) is 18.5. The molecule has 70 heavy (non-hydrogen) atoms. The highest BCUT2D eigenvalue weighted by Crippen LogP contribution is 2.52. The monoisotopic (exact) mass is 966 g/mol. The molecule has 15 heteroatoms. The molecule has 0 aromatic heterocycles. The van der Waals surface area contributed by atoms with E-state index in [2.05, 4.69) is 74.9 Å². The molecule has 2 aliphatic heterocycles. The Morgan fingerprint density at radius 1 is 0.943 bits per heavy atom. The highest BCUT2D eigenvalue weighted by atomic mass is 32.2. The van der Waals surface area contributed by atoms with Gasteiger partial charge in [-0.25, -0.2) is 22.6 Å². The van der Waals surface area contributed by atoms with Gasteiger partial charge in [-0.05, 0) is 91.2 Å². The van der Waals surface area contributed by atoms with Gasteiger partial charge >= 0.3 is 11.9 Å². The molecule has 5 aliphatic rings. The largest absolute Gasteiger partial charge is 0.744 e. The number of fused-ring (bicyclic) bond motifs is 4. The van der Waals surface area contributed by atoms with E-state index < -0.39 is 44.7 Å². The number of allylic oxidation sites excluding steroid dienone is 9. The van der Waals surface area contributed by atoms with E-state index in [0.29, 0.717) is 16.7 Å². The fourth-order valence-electron chi connectivity index (χ4n) is 9.89. The first kappa shape index (κ1) is 49.1. The third-order valence-electron chi connectivity index (χ3n) is 13.6. The van der Waals surface area contributed by atoms with Crippen LogP contribution in [0.25, 0.3) is 33.4 Å². The number of hydrogen-bond donors (Lipinski definition) is 4. The first-order valence-electron chi connectivity index (χ1n) is 23.0. The molecule has 4 N–H and O–H groups in total. The molecule has 8 rings (SSSR count). The predicted octanol–water partition coefficient (Wildman–Crippen LogP) is 9.27. The Morgan fingerprint density at radius 3 is 2.36 bits per heavy atom. The number of carboxylic acids is 2. The van der Waals surface area contributed by atoms with Crippen molar-refractivity contribution in [1.29, 1.82) is 0 Å². The van der Waals surface area contributed by atoms with Gasteiger partial charge in [-0.1, -0.05) is 70.6 Å². The molecule has 3 aliphatic carbocycles. The fraction of sp³-hybridized carbons (Fsp3) is 0.291. The van der Waals surface area contributed by atoms with Crippen molar-refractivity contribution in [3.05, 3.63) is 164 Å². The summed E-state index contributed by atoms with van der Waals surface area (Å²) in [4.78, 5) is 51.2. The van der Waals surface area contributed by atoms with E-state index in [0.717, 1.165) is 35.9 Å². The second-order valence-corrected chi connectivity index (χ2v) is 20.7. The Kier molecular flexibility index (Phi) is 13.0. The summed E-state index contributed by atoms with van der Waals surface area (Å²) < 4.78 is 51.9. The molecule has 0 bridgehead atoms. The van der Waals surface area contributed by atoms with Gasteiger partial charge in [0.25, 0.3) is 0 Å². The highest BCUT2D eigenvalue weighted by Gasteiger charge is 2.43. The number of aromatic hydroxyl groups is 1. The minimum atomic E-state index is -4.82. The third kappa shape index (κ3) is 9.26. The van der Waals surface area contributed by atoms with Crippen LogP contribution in [0, 0.1) is 17.3 Å². The number of amides is 1. The van der Waals surface area contributed by atoms with E-state index in [-0.39, 0.29) is 85.4 Å². The molecule has 3 unspecified atom stereocenters. The molecule has 3 aromatic carbocycles. The van der Waals surface area contributed by atoms with Gasteiger partial charge in [0.05, 0.1) is 28.1 Å². The van der Waals surface area contributed by atoms with Crippen molar-refractivity contribution < 1.29 is 56.4 Å². The standard InChI is InChI=1S/C55H54N2O12S/c1-8-57(9-2)32-14-18-35-30(24-48(54(3,4)5)68-46(35)25-32)11-10-12-43-40(36-20-16-34(70(65,66)67)27-44(36)55(43,6)7)28-49(60)56-29-42-45(59)22-21-39-50(38-19-15-33(58)26-47(38)69-51(39)42)41-23-31(52(61)62)13-17-37(41)53(63)64/h10-27,30,35,40H,8-9,28-29H2,1-7H3,(H4-,56,58,59,60,61,62,63,64,65,66,67)/b11-10+,43-12-. The average Bonchev–Trinajstić information content (AvgIpc) is 3.50. The van der Waals surface area contributed by atoms with E-state index in [9.17, 15) is 47.5 Å². The molecule has 0 spiro atoms. The maximum Gasteiger partial charge on any atom is 0.336 e. The smallest absolute Gasteiger partial charge is 0.336 e. The van der Waals surface area contributed by atoms with Crippen molar-refractivity contribution in [3.8, 4) is 28.2 Å². The zero-order valence-corrected chi connectivity index (χ0v) is 40.6. The SMILES string of the molecule is CC[N+](CC)=C1C=CC2C(=C1)OC(C(C)(C)C)=CC2/C=C/C=C1/C(CC(=O)NCc2c(O)ccc3c(-c4cc(C(=O)O)ccc4C(=O)O)c4ccc(=O)cc-4oc23)c2ccc(S(=O)(=O)[O-])cc2C1(C)C. The minimum Gasteiger partial charge on any atom is -0.744 e. The number of rotatable bonds is 12. The first-order valence-corrected chi connectivity index (χ1v) is 24.4. The predicted molar refractivity (Wildman–Crippen MR) is 263 cm³/mol. The van der Waals surface area contributed by atoms with Gasteiger partial charge in [-0.3, -0.25) is 9.59 Å². The molecular weight excluding hydrogens is 913 g/mol. The second-order valence-electron chi connectivity index (χ2n) is 19.3. The normalized spacial score (nSPS) is 19.2. The Labute approximate surface area is 405 Å². The molecule has 3 atom stereocenters. The molecule has 0 saturated heterocycles. The Bertz CT molecular complexity index is 3350. The fourth-order valence-corrected chi connectivity index (χ4v) is 10.4. The van der Waals surface area contributed by atoms with Crippen LogP contribution in [0.3, 0.4) is 0 Å². The van der Waals surface area contributed by atoms with Crippen LogP contribution in [-0.2, 0) is 31.6 Å². The van der Waals surface area contributed by atoms with Crippen molar-refractivity contribution in [1.82, 2.24) is 5.32 Å². The number of carboxylic acid groups (broad SMARTS) is 2. The van der Waals surface area contributed by atoms with Gasteiger partial charge in [0, 0.05) is 69.7 Å². The van der Waals surface area contributed by atoms with E-state index in [1.54, 1.807) is 6.07 Å². The van der Waals surface area contributed by atoms with Crippen LogP contribution in [0.2, 0.25) is 0 Å².